The molecule has 2 N–H and O–H groups in total. The number of thiazole rings is 1. The van der Waals surface area contributed by atoms with Crippen molar-refractivity contribution >= 4 is 17.2 Å². The van der Waals surface area contributed by atoms with E-state index in [1.165, 1.54) is 23.4 Å². The number of aromatic nitrogens is 2. The summed E-state index contributed by atoms with van der Waals surface area (Å²) in [6, 6.07) is 1.58. The van der Waals surface area contributed by atoms with Gasteiger partial charge < -0.3 is 10.3 Å². The van der Waals surface area contributed by atoms with Crippen LogP contribution < -0.4 is 10.9 Å². The summed E-state index contributed by atoms with van der Waals surface area (Å²) in [5, 5.41) is 3.88. The summed E-state index contributed by atoms with van der Waals surface area (Å²) >= 11 is 1.69. The van der Waals surface area contributed by atoms with Crippen LogP contribution in [0.25, 0.3) is 0 Å². The smallest absolute Gasteiger partial charge is 0.261 e. The van der Waals surface area contributed by atoms with E-state index in [2.05, 4.69) is 10.3 Å². The lowest BCUT2D eigenvalue weighted by molar-refractivity contribution is 0.0938. The SMILES string of the molecule is C[C@H](NC(=O)c1cc2c([nH]c1=O)CCC2)c1nc2c(s1)CCCC2. The number of fused-ring (bicyclic) bond motifs is 2. The van der Waals surface area contributed by atoms with Gasteiger partial charge in [-0.15, -0.1) is 11.3 Å². The summed E-state index contributed by atoms with van der Waals surface area (Å²) in [7, 11) is 0. The Bertz CT molecular complexity index is 829. The van der Waals surface area contributed by atoms with Crippen LogP contribution in [0.1, 0.15) is 69.4 Å². The Morgan fingerprint density at radius 1 is 1.25 bits per heavy atom. The molecule has 2 aromatic heterocycles. The number of H-pyrrole nitrogens is 1. The predicted octanol–water partition coefficient (Wildman–Crippen LogP) is 2.69. The monoisotopic (exact) mass is 343 g/mol. The average Bonchev–Trinajstić information content (AvgIpc) is 3.19. The summed E-state index contributed by atoms with van der Waals surface area (Å²) in [4.78, 5) is 33.6. The predicted molar refractivity (Wildman–Crippen MR) is 93.7 cm³/mol. The highest BCUT2D eigenvalue weighted by atomic mass is 32.1. The maximum atomic E-state index is 12.5. The molecule has 0 radical (unpaired) electrons. The number of nitrogens with zero attached hydrogens (tertiary/aromatic N) is 1. The van der Waals surface area contributed by atoms with E-state index in [4.69, 9.17) is 4.98 Å². The number of hydrogen-bond donors (Lipinski definition) is 2. The van der Waals surface area contributed by atoms with Crippen molar-refractivity contribution in [2.75, 3.05) is 0 Å². The van der Waals surface area contributed by atoms with Gasteiger partial charge in [0.15, 0.2) is 0 Å². The van der Waals surface area contributed by atoms with Crippen LogP contribution in [-0.2, 0) is 25.7 Å². The molecule has 2 heterocycles. The third-order valence-corrected chi connectivity index (χ3v) is 6.25. The third-order valence-electron chi connectivity index (χ3n) is 4.91. The van der Waals surface area contributed by atoms with Gasteiger partial charge in [-0.2, -0.15) is 0 Å². The Hall–Kier alpha value is -1.95. The van der Waals surface area contributed by atoms with Crippen LogP contribution in [0.5, 0.6) is 0 Å². The Labute approximate surface area is 144 Å². The second-order valence-electron chi connectivity index (χ2n) is 6.69. The van der Waals surface area contributed by atoms with Crippen LogP contribution in [0, 0.1) is 0 Å². The van der Waals surface area contributed by atoms with Crippen LogP contribution in [0.3, 0.4) is 0 Å². The fourth-order valence-electron chi connectivity index (χ4n) is 3.58. The number of aromatic amines is 1. The van der Waals surface area contributed by atoms with E-state index in [1.54, 1.807) is 17.4 Å². The number of amides is 1. The first-order valence-electron chi connectivity index (χ1n) is 8.66. The van der Waals surface area contributed by atoms with Gasteiger partial charge in [0.1, 0.15) is 10.6 Å². The van der Waals surface area contributed by atoms with Gasteiger partial charge in [-0.25, -0.2) is 4.98 Å². The van der Waals surface area contributed by atoms with E-state index in [9.17, 15) is 9.59 Å². The summed E-state index contributed by atoms with van der Waals surface area (Å²) in [5.74, 6) is -0.313. The highest BCUT2D eigenvalue weighted by Crippen LogP contribution is 2.29. The molecule has 0 spiro atoms. The summed E-state index contributed by atoms with van der Waals surface area (Å²) in [6.07, 6.45) is 7.42. The van der Waals surface area contributed by atoms with E-state index in [1.807, 2.05) is 6.92 Å². The van der Waals surface area contributed by atoms with Crippen LogP contribution in [-0.4, -0.2) is 15.9 Å². The second kappa shape index (κ2) is 6.16. The topological polar surface area (TPSA) is 74.8 Å². The molecule has 1 amide bonds. The van der Waals surface area contributed by atoms with Crippen LogP contribution in [0.2, 0.25) is 0 Å². The van der Waals surface area contributed by atoms with Crippen molar-refractivity contribution in [1.29, 1.82) is 0 Å². The lowest BCUT2D eigenvalue weighted by atomic mass is 10.0. The lowest BCUT2D eigenvalue weighted by Crippen LogP contribution is -2.32. The molecule has 0 fully saturated rings. The number of rotatable bonds is 3. The number of aryl methyl sites for hydroxylation is 4. The Morgan fingerprint density at radius 2 is 2.08 bits per heavy atom. The molecule has 4 rings (SSSR count). The van der Waals surface area contributed by atoms with Gasteiger partial charge in [-0.3, -0.25) is 9.59 Å². The van der Waals surface area contributed by atoms with Crippen molar-refractivity contribution in [2.45, 2.75) is 57.9 Å². The first-order valence-corrected chi connectivity index (χ1v) is 9.48. The first kappa shape index (κ1) is 15.6. The number of carbonyl (C=O) groups excluding carboxylic acids is 1. The van der Waals surface area contributed by atoms with Gasteiger partial charge in [0, 0.05) is 10.6 Å². The Balaban J connectivity index is 1.53. The molecule has 5 nitrogen and oxygen atoms in total. The molecule has 6 heteroatoms. The van der Waals surface area contributed by atoms with Crippen LogP contribution in [0.15, 0.2) is 10.9 Å². The van der Waals surface area contributed by atoms with Crippen LogP contribution >= 0.6 is 11.3 Å². The first-order chi connectivity index (χ1) is 11.6. The van der Waals surface area contributed by atoms with Crippen molar-refractivity contribution in [3.8, 4) is 0 Å². The summed E-state index contributed by atoms with van der Waals surface area (Å²) < 4.78 is 0. The average molecular weight is 343 g/mol. The third kappa shape index (κ3) is 2.79. The molecule has 0 unspecified atom stereocenters. The lowest BCUT2D eigenvalue weighted by Gasteiger charge is -2.11. The van der Waals surface area contributed by atoms with Gasteiger partial charge in [-0.1, -0.05) is 0 Å². The molecule has 0 bridgehead atoms. The second-order valence-corrected chi connectivity index (χ2v) is 7.81. The van der Waals surface area contributed by atoms with E-state index in [0.29, 0.717) is 0 Å². The highest BCUT2D eigenvalue weighted by Gasteiger charge is 2.22. The molecule has 0 saturated heterocycles. The van der Waals surface area contributed by atoms with Gasteiger partial charge >= 0.3 is 0 Å². The minimum absolute atomic E-state index is 0.180. The molecule has 126 valence electrons. The van der Waals surface area contributed by atoms with Gasteiger partial charge in [0.05, 0.1) is 11.7 Å². The maximum absolute atomic E-state index is 12.5. The van der Waals surface area contributed by atoms with Gasteiger partial charge in [-0.05, 0) is 63.5 Å². The highest BCUT2D eigenvalue weighted by molar-refractivity contribution is 7.11. The summed E-state index contributed by atoms with van der Waals surface area (Å²) in [5.41, 5.74) is 3.19. The molecule has 2 aliphatic carbocycles. The number of nitrogens with one attached hydrogen (secondary N) is 2. The van der Waals surface area contributed by atoms with E-state index in [0.717, 1.165) is 48.4 Å². The molecule has 2 aromatic rings. The zero-order valence-electron chi connectivity index (χ0n) is 13.8. The van der Waals surface area contributed by atoms with Gasteiger partial charge in [0.2, 0.25) is 0 Å². The van der Waals surface area contributed by atoms with Crippen molar-refractivity contribution in [3.05, 3.63) is 48.8 Å². The largest absolute Gasteiger partial charge is 0.343 e. The molecule has 0 aliphatic heterocycles. The fourth-order valence-corrected chi connectivity index (χ4v) is 4.73. The molecule has 2 aliphatic rings. The molecular weight excluding hydrogens is 322 g/mol. The maximum Gasteiger partial charge on any atom is 0.261 e. The molecular formula is C18H21N3O2S. The van der Waals surface area contributed by atoms with Crippen molar-refractivity contribution in [2.24, 2.45) is 0 Å². The molecule has 0 saturated carbocycles. The van der Waals surface area contributed by atoms with Crippen molar-refractivity contribution < 1.29 is 4.79 Å². The number of hydrogen-bond acceptors (Lipinski definition) is 4. The molecule has 0 aromatic carbocycles. The van der Waals surface area contributed by atoms with E-state index < -0.39 is 0 Å². The quantitative estimate of drug-likeness (QED) is 0.900. The van der Waals surface area contributed by atoms with Crippen molar-refractivity contribution in [1.82, 2.24) is 15.3 Å². The normalized spacial score (nSPS) is 17.2. The minimum Gasteiger partial charge on any atom is -0.343 e. The zero-order chi connectivity index (χ0) is 16.7. The number of carbonyl (C=O) groups is 1. The van der Waals surface area contributed by atoms with E-state index >= 15 is 0 Å². The molecule has 1 atom stereocenters. The Kier molecular flexibility index (Phi) is 4.00. The number of pyridine rings is 1. The fraction of sp³-hybridized carbons (Fsp3) is 0.500. The van der Waals surface area contributed by atoms with Crippen molar-refractivity contribution in [3.63, 3.8) is 0 Å². The molecule has 24 heavy (non-hydrogen) atoms. The van der Waals surface area contributed by atoms with Crippen LogP contribution in [0.4, 0.5) is 0 Å². The Morgan fingerprint density at radius 3 is 2.92 bits per heavy atom. The van der Waals surface area contributed by atoms with E-state index in [-0.39, 0.29) is 23.1 Å². The minimum atomic E-state index is -0.313. The summed E-state index contributed by atoms with van der Waals surface area (Å²) in [6.45, 7) is 1.93. The standard InChI is InChI=1S/C18H21N3O2S/c1-10(18-21-14-6-2-3-8-15(14)24-18)19-16(22)12-9-11-5-4-7-13(11)20-17(12)23/h9-10H,2-8H2,1H3,(H,19,22)(H,20,23)/t10-/m0/s1. The zero-order valence-corrected chi connectivity index (χ0v) is 14.6. The van der Waals surface area contributed by atoms with Gasteiger partial charge in [0.25, 0.3) is 11.5 Å².